The first-order valence-corrected chi connectivity index (χ1v) is 8.30. The molecule has 0 saturated carbocycles. The molecule has 2 rings (SSSR count). The number of hydrogen-bond donors (Lipinski definition) is 1. The van der Waals surface area contributed by atoms with Gasteiger partial charge in [-0.05, 0) is 28.4 Å². The van der Waals surface area contributed by atoms with Gasteiger partial charge in [0.1, 0.15) is 4.90 Å². The van der Waals surface area contributed by atoms with Gasteiger partial charge in [0, 0.05) is 29.7 Å². The minimum absolute atomic E-state index is 0.108. The topological polar surface area (TPSA) is 81.9 Å². The van der Waals surface area contributed by atoms with E-state index in [-0.39, 0.29) is 10.9 Å². The Bertz CT molecular complexity index is 606. The Morgan fingerprint density at radius 2 is 1.90 bits per heavy atom. The summed E-state index contributed by atoms with van der Waals surface area (Å²) in [5.74, 6) is 0.842. The smallest absolute Gasteiger partial charge is 0.244 e. The molecule has 1 aromatic rings. The van der Waals surface area contributed by atoms with Crippen LogP contribution in [-0.2, 0) is 10.0 Å². The highest BCUT2D eigenvalue weighted by atomic mass is 79.9. The van der Waals surface area contributed by atoms with E-state index in [0.717, 1.165) is 0 Å². The fourth-order valence-corrected chi connectivity index (χ4v) is 4.65. The second-order valence-electron chi connectivity index (χ2n) is 4.55. The molecule has 1 fully saturated rings. The summed E-state index contributed by atoms with van der Waals surface area (Å²) in [6.45, 7) is 0.771. The third-order valence-electron chi connectivity index (χ3n) is 3.24. The maximum atomic E-state index is 12.6. The third kappa shape index (κ3) is 2.78. The molecule has 0 aliphatic carbocycles. The highest BCUT2D eigenvalue weighted by Crippen LogP contribution is 2.37. The first-order chi connectivity index (χ1) is 9.40. The molecule has 2 N–H and O–H groups in total. The number of nitrogens with zero attached hydrogens (tertiary/aromatic N) is 1. The maximum Gasteiger partial charge on any atom is 0.244 e. The van der Waals surface area contributed by atoms with Crippen molar-refractivity contribution < 1.29 is 17.9 Å². The van der Waals surface area contributed by atoms with Gasteiger partial charge in [0.05, 0.1) is 14.2 Å². The van der Waals surface area contributed by atoms with Crippen LogP contribution in [-0.4, -0.2) is 46.1 Å². The number of nitrogens with two attached hydrogens (primary N) is 1. The Labute approximate surface area is 127 Å². The standard InChI is InChI=1S/C12H17BrN2O4S/c1-18-10-5-9(13)12(6-11(10)19-2)20(16,17)15-4-3-8(14)7-15/h5-6,8H,3-4,7,14H2,1-2H3/t8-/m1/s1. The lowest BCUT2D eigenvalue weighted by Gasteiger charge is -2.18. The summed E-state index contributed by atoms with van der Waals surface area (Å²) >= 11 is 3.28. The van der Waals surface area contributed by atoms with E-state index in [1.807, 2.05) is 0 Å². The molecule has 20 heavy (non-hydrogen) atoms. The summed E-state index contributed by atoms with van der Waals surface area (Å²) in [6, 6.07) is 2.94. The molecule has 112 valence electrons. The molecule has 1 heterocycles. The first-order valence-electron chi connectivity index (χ1n) is 6.07. The molecule has 1 aliphatic rings. The van der Waals surface area contributed by atoms with Crippen molar-refractivity contribution >= 4 is 26.0 Å². The molecular weight excluding hydrogens is 348 g/mol. The normalized spacial score (nSPS) is 20.1. The Balaban J connectivity index is 2.46. The molecule has 0 unspecified atom stereocenters. The highest BCUT2D eigenvalue weighted by molar-refractivity contribution is 9.10. The van der Waals surface area contributed by atoms with E-state index in [9.17, 15) is 8.42 Å². The summed E-state index contributed by atoms with van der Waals surface area (Å²) in [5, 5.41) is 0. The zero-order valence-electron chi connectivity index (χ0n) is 11.3. The Hall–Kier alpha value is -0.830. The number of benzene rings is 1. The largest absolute Gasteiger partial charge is 0.493 e. The number of rotatable bonds is 4. The van der Waals surface area contributed by atoms with Crippen molar-refractivity contribution in [1.29, 1.82) is 0 Å². The molecule has 0 spiro atoms. The Morgan fingerprint density at radius 3 is 2.40 bits per heavy atom. The lowest BCUT2D eigenvalue weighted by molar-refractivity contribution is 0.353. The van der Waals surface area contributed by atoms with Gasteiger partial charge in [-0.3, -0.25) is 0 Å². The van der Waals surface area contributed by atoms with E-state index in [0.29, 0.717) is 35.5 Å². The number of ether oxygens (including phenoxy) is 2. The predicted molar refractivity (Wildman–Crippen MR) is 78.6 cm³/mol. The molecule has 1 aliphatic heterocycles. The van der Waals surface area contributed by atoms with Crippen molar-refractivity contribution in [1.82, 2.24) is 4.31 Å². The van der Waals surface area contributed by atoms with Gasteiger partial charge < -0.3 is 15.2 Å². The summed E-state index contributed by atoms with van der Waals surface area (Å²) in [6.07, 6.45) is 0.671. The van der Waals surface area contributed by atoms with Crippen LogP contribution in [0.2, 0.25) is 0 Å². The molecule has 0 aromatic heterocycles. The summed E-state index contributed by atoms with van der Waals surface area (Å²) < 4.78 is 37.4. The van der Waals surface area contributed by atoms with Gasteiger partial charge in [0.15, 0.2) is 11.5 Å². The predicted octanol–water partition coefficient (Wildman–Crippen LogP) is 1.19. The minimum Gasteiger partial charge on any atom is -0.493 e. The molecule has 6 nitrogen and oxygen atoms in total. The van der Waals surface area contributed by atoms with Crippen LogP contribution in [0.15, 0.2) is 21.5 Å². The fraction of sp³-hybridized carbons (Fsp3) is 0.500. The molecule has 0 amide bonds. The summed E-state index contributed by atoms with van der Waals surface area (Å²) in [5.41, 5.74) is 5.78. The zero-order chi connectivity index (χ0) is 14.9. The maximum absolute atomic E-state index is 12.6. The van der Waals surface area contributed by atoms with Crippen molar-refractivity contribution in [3.63, 3.8) is 0 Å². The van der Waals surface area contributed by atoms with Crippen molar-refractivity contribution in [3.8, 4) is 11.5 Å². The van der Waals surface area contributed by atoms with E-state index < -0.39 is 10.0 Å². The summed E-state index contributed by atoms with van der Waals surface area (Å²) in [7, 11) is -0.625. The quantitative estimate of drug-likeness (QED) is 0.867. The van der Waals surface area contributed by atoms with Crippen molar-refractivity contribution in [2.45, 2.75) is 17.4 Å². The highest BCUT2D eigenvalue weighted by Gasteiger charge is 2.33. The van der Waals surface area contributed by atoms with Crippen LogP contribution < -0.4 is 15.2 Å². The molecule has 0 bridgehead atoms. The molecule has 0 radical (unpaired) electrons. The minimum atomic E-state index is -3.59. The SMILES string of the molecule is COc1cc(Br)c(S(=O)(=O)N2CC[C@@H](N)C2)cc1OC. The van der Waals surface area contributed by atoms with Gasteiger partial charge in [-0.2, -0.15) is 4.31 Å². The van der Waals surface area contributed by atoms with E-state index in [1.165, 1.54) is 24.6 Å². The lowest BCUT2D eigenvalue weighted by atomic mass is 10.3. The average Bonchev–Trinajstić information content (AvgIpc) is 2.85. The van der Waals surface area contributed by atoms with Crippen molar-refractivity contribution in [3.05, 3.63) is 16.6 Å². The van der Waals surface area contributed by atoms with Crippen LogP contribution in [0.5, 0.6) is 11.5 Å². The molecule has 1 saturated heterocycles. The lowest BCUT2D eigenvalue weighted by Crippen LogP contribution is -2.32. The second kappa shape index (κ2) is 5.88. The van der Waals surface area contributed by atoms with Crippen molar-refractivity contribution in [2.75, 3.05) is 27.3 Å². The van der Waals surface area contributed by atoms with Crippen molar-refractivity contribution in [2.24, 2.45) is 5.73 Å². The van der Waals surface area contributed by atoms with Crippen LogP contribution in [0.25, 0.3) is 0 Å². The van der Waals surface area contributed by atoms with E-state index in [4.69, 9.17) is 15.2 Å². The van der Waals surface area contributed by atoms with Gasteiger partial charge in [0.2, 0.25) is 10.0 Å². The average molecular weight is 365 g/mol. The van der Waals surface area contributed by atoms with Gasteiger partial charge >= 0.3 is 0 Å². The number of sulfonamides is 1. The second-order valence-corrected chi connectivity index (χ2v) is 7.31. The monoisotopic (exact) mass is 364 g/mol. The van der Waals surface area contributed by atoms with E-state index >= 15 is 0 Å². The van der Waals surface area contributed by atoms with Crippen LogP contribution in [0.3, 0.4) is 0 Å². The van der Waals surface area contributed by atoms with E-state index in [2.05, 4.69) is 15.9 Å². The number of hydrogen-bond acceptors (Lipinski definition) is 5. The van der Waals surface area contributed by atoms with Gasteiger partial charge in [0.25, 0.3) is 0 Å². The Kier molecular flexibility index (Phi) is 4.58. The molecule has 1 atom stereocenters. The molecule has 8 heteroatoms. The summed E-state index contributed by atoms with van der Waals surface area (Å²) in [4.78, 5) is 0.157. The van der Waals surface area contributed by atoms with Crippen LogP contribution >= 0.6 is 15.9 Å². The molecule has 1 aromatic carbocycles. The number of methoxy groups -OCH3 is 2. The van der Waals surface area contributed by atoms with Crippen LogP contribution in [0.4, 0.5) is 0 Å². The van der Waals surface area contributed by atoms with E-state index in [1.54, 1.807) is 6.07 Å². The van der Waals surface area contributed by atoms with Crippen LogP contribution in [0.1, 0.15) is 6.42 Å². The van der Waals surface area contributed by atoms with Gasteiger partial charge in [-0.1, -0.05) is 0 Å². The first kappa shape index (κ1) is 15.6. The third-order valence-corrected chi connectivity index (χ3v) is 6.07. The van der Waals surface area contributed by atoms with Gasteiger partial charge in [-0.25, -0.2) is 8.42 Å². The number of halogens is 1. The Morgan fingerprint density at radius 1 is 1.30 bits per heavy atom. The van der Waals surface area contributed by atoms with Gasteiger partial charge in [-0.15, -0.1) is 0 Å². The zero-order valence-corrected chi connectivity index (χ0v) is 13.7. The van der Waals surface area contributed by atoms with Crippen LogP contribution in [0, 0.1) is 0 Å². The fourth-order valence-electron chi connectivity index (χ4n) is 2.14. The molecular formula is C12H17BrN2O4S.